The molecule has 2 heterocycles. The summed E-state index contributed by atoms with van der Waals surface area (Å²) >= 11 is 0. The maximum atomic E-state index is 13.3. The number of hydrogen-bond donors (Lipinski definition) is 0. The minimum atomic E-state index is -0.0930. The topological polar surface area (TPSA) is 32.8 Å². The van der Waals surface area contributed by atoms with Crippen LogP contribution in [0.4, 0.5) is 0 Å². The molecule has 3 aliphatic rings. The zero-order chi connectivity index (χ0) is 17.2. The maximum Gasteiger partial charge on any atom is 0.242 e. The number of nitrogens with zero attached hydrogens (tertiary/aromatic N) is 2. The molecule has 1 aliphatic carbocycles. The number of likely N-dealkylation sites (tertiary alicyclic amines) is 1. The number of morpholine rings is 1. The van der Waals surface area contributed by atoms with Crippen molar-refractivity contribution in [2.45, 2.75) is 50.1 Å². The zero-order valence-corrected chi connectivity index (χ0v) is 15.3. The van der Waals surface area contributed by atoms with Gasteiger partial charge >= 0.3 is 0 Å². The third kappa shape index (κ3) is 3.34. The summed E-state index contributed by atoms with van der Waals surface area (Å²) in [5.74, 6) is 1.52. The summed E-state index contributed by atoms with van der Waals surface area (Å²) in [7, 11) is 2.06. The number of carbonyl (C=O) groups is 1. The third-order valence-corrected chi connectivity index (χ3v) is 6.57. The number of rotatable bonds is 2. The molecule has 1 aromatic carbocycles. The molecule has 0 spiro atoms. The smallest absolute Gasteiger partial charge is 0.242 e. The van der Waals surface area contributed by atoms with Gasteiger partial charge in [-0.1, -0.05) is 43.2 Å². The fourth-order valence-corrected chi connectivity index (χ4v) is 5.18. The monoisotopic (exact) mass is 342 g/mol. The number of hydrogen-bond acceptors (Lipinski definition) is 3. The van der Waals surface area contributed by atoms with E-state index in [4.69, 9.17) is 4.74 Å². The number of piperidine rings is 1. The van der Waals surface area contributed by atoms with Crippen LogP contribution in [0.25, 0.3) is 0 Å². The van der Waals surface area contributed by atoms with Gasteiger partial charge in [0, 0.05) is 19.1 Å². The average Bonchev–Trinajstić information content (AvgIpc) is 2.68. The molecule has 4 atom stereocenters. The highest BCUT2D eigenvalue weighted by atomic mass is 16.5. The van der Waals surface area contributed by atoms with Crippen LogP contribution in [0, 0.1) is 5.92 Å². The quantitative estimate of drug-likeness (QED) is 0.828. The van der Waals surface area contributed by atoms with E-state index in [1.807, 2.05) is 0 Å². The van der Waals surface area contributed by atoms with Crippen LogP contribution in [-0.2, 0) is 9.53 Å². The Morgan fingerprint density at radius 3 is 2.68 bits per heavy atom. The summed E-state index contributed by atoms with van der Waals surface area (Å²) in [6, 6.07) is 11.3. The summed E-state index contributed by atoms with van der Waals surface area (Å²) in [5.41, 5.74) is 1.46. The standard InChI is InChI=1S/C21H30N2O2/c1-22-13-14-25-15-20(22)21(24)23-12-11-17(16-7-3-2-4-8-16)18-9-5-6-10-19(18)23/h2-4,7-8,17-20H,5-6,9-15H2,1H3/t17-,18-,19-,20?/m1/s1. The molecule has 136 valence electrons. The molecule has 0 radical (unpaired) electrons. The molecule has 3 fully saturated rings. The Morgan fingerprint density at radius 2 is 1.88 bits per heavy atom. The lowest BCUT2D eigenvalue weighted by Gasteiger charge is -2.50. The lowest BCUT2D eigenvalue weighted by Crippen LogP contribution is -2.59. The Hall–Kier alpha value is -1.39. The van der Waals surface area contributed by atoms with Crippen LogP contribution in [0.2, 0.25) is 0 Å². The summed E-state index contributed by atoms with van der Waals surface area (Å²) in [4.78, 5) is 17.7. The van der Waals surface area contributed by atoms with Crippen molar-refractivity contribution in [3.63, 3.8) is 0 Å². The van der Waals surface area contributed by atoms with Gasteiger partial charge in [-0.3, -0.25) is 9.69 Å². The van der Waals surface area contributed by atoms with Crippen molar-refractivity contribution < 1.29 is 9.53 Å². The number of carbonyl (C=O) groups excluding carboxylic acids is 1. The van der Waals surface area contributed by atoms with E-state index in [2.05, 4.69) is 47.2 Å². The molecule has 25 heavy (non-hydrogen) atoms. The van der Waals surface area contributed by atoms with Crippen molar-refractivity contribution in [3.05, 3.63) is 35.9 Å². The maximum absolute atomic E-state index is 13.3. The summed E-state index contributed by atoms with van der Waals surface area (Å²) < 4.78 is 5.60. The van der Waals surface area contributed by atoms with Crippen molar-refractivity contribution in [2.75, 3.05) is 33.4 Å². The lowest BCUT2D eigenvalue weighted by molar-refractivity contribution is -0.149. The summed E-state index contributed by atoms with van der Waals surface area (Å²) in [6.07, 6.45) is 6.07. The van der Waals surface area contributed by atoms with Crippen LogP contribution in [-0.4, -0.2) is 61.1 Å². The predicted molar refractivity (Wildman–Crippen MR) is 98.5 cm³/mol. The van der Waals surface area contributed by atoms with Crippen LogP contribution in [0.1, 0.15) is 43.6 Å². The van der Waals surface area contributed by atoms with Crippen molar-refractivity contribution in [3.8, 4) is 0 Å². The minimum absolute atomic E-state index is 0.0930. The second-order valence-corrected chi connectivity index (χ2v) is 7.92. The molecule has 4 heteroatoms. The Morgan fingerprint density at radius 1 is 1.08 bits per heavy atom. The average molecular weight is 342 g/mol. The van der Waals surface area contributed by atoms with E-state index >= 15 is 0 Å². The SMILES string of the molecule is CN1CCOCC1C(=O)N1CC[C@H](c2ccccc2)[C@H]2CCCC[C@H]21. The van der Waals surface area contributed by atoms with E-state index in [9.17, 15) is 4.79 Å². The zero-order valence-electron chi connectivity index (χ0n) is 15.3. The number of ether oxygens (including phenoxy) is 1. The van der Waals surface area contributed by atoms with Gasteiger partial charge in [-0.25, -0.2) is 0 Å². The Kier molecular flexibility index (Phi) is 5.09. The van der Waals surface area contributed by atoms with Crippen molar-refractivity contribution in [1.29, 1.82) is 0 Å². The Labute approximate surface area is 151 Å². The first-order valence-corrected chi connectivity index (χ1v) is 9.89. The van der Waals surface area contributed by atoms with E-state index in [0.717, 1.165) is 32.5 Å². The van der Waals surface area contributed by atoms with E-state index < -0.39 is 0 Å². The molecule has 2 saturated heterocycles. The van der Waals surface area contributed by atoms with Crippen molar-refractivity contribution >= 4 is 5.91 Å². The van der Waals surface area contributed by atoms with Crippen molar-refractivity contribution in [2.24, 2.45) is 5.92 Å². The molecule has 1 saturated carbocycles. The number of amides is 1. The van der Waals surface area contributed by atoms with Crippen molar-refractivity contribution in [1.82, 2.24) is 9.80 Å². The van der Waals surface area contributed by atoms with E-state index in [0.29, 0.717) is 30.4 Å². The molecular weight excluding hydrogens is 312 g/mol. The highest BCUT2D eigenvalue weighted by molar-refractivity contribution is 5.82. The molecule has 4 nitrogen and oxygen atoms in total. The number of benzene rings is 1. The van der Waals surface area contributed by atoms with Gasteiger partial charge in [0.25, 0.3) is 0 Å². The first-order chi connectivity index (χ1) is 12.3. The Balaban J connectivity index is 1.54. The van der Waals surface area contributed by atoms with E-state index in [-0.39, 0.29) is 6.04 Å². The molecule has 1 amide bonds. The van der Waals surface area contributed by atoms with Gasteiger partial charge in [-0.05, 0) is 43.7 Å². The molecule has 0 N–H and O–H groups in total. The molecule has 4 rings (SSSR count). The summed E-state index contributed by atoms with van der Waals surface area (Å²) in [5, 5.41) is 0. The second-order valence-electron chi connectivity index (χ2n) is 7.92. The van der Waals surface area contributed by atoms with Crippen LogP contribution >= 0.6 is 0 Å². The third-order valence-electron chi connectivity index (χ3n) is 6.57. The number of fused-ring (bicyclic) bond motifs is 1. The normalized spacial score (nSPS) is 33.7. The largest absolute Gasteiger partial charge is 0.378 e. The van der Waals surface area contributed by atoms with Crippen LogP contribution in [0.15, 0.2) is 30.3 Å². The lowest BCUT2D eigenvalue weighted by atomic mass is 9.69. The number of likely N-dealkylation sites (N-methyl/N-ethyl adjacent to an activating group) is 1. The van der Waals surface area contributed by atoms with Gasteiger partial charge in [-0.2, -0.15) is 0 Å². The van der Waals surface area contributed by atoms with Gasteiger partial charge < -0.3 is 9.64 Å². The molecular formula is C21H30N2O2. The fraction of sp³-hybridized carbons (Fsp3) is 0.667. The molecule has 2 aliphatic heterocycles. The fourth-order valence-electron chi connectivity index (χ4n) is 5.18. The molecule has 1 unspecified atom stereocenters. The minimum Gasteiger partial charge on any atom is -0.378 e. The Bertz CT molecular complexity index is 591. The van der Waals surface area contributed by atoms with Gasteiger partial charge in [0.2, 0.25) is 5.91 Å². The van der Waals surface area contributed by atoms with Gasteiger partial charge in [0.1, 0.15) is 6.04 Å². The second kappa shape index (κ2) is 7.46. The van der Waals surface area contributed by atoms with Crippen LogP contribution in [0.5, 0.6) is 0 Å². The van der Waals surface area contributed by atoms with E-state index in [1.165, 1.54) is 24.8 Å². The van der Waals surface area contributed by atoms with Gasteiger partial charge in [0.15, 0.2) is 0 Å². The molecule has 0 bridgehead atoms. The molecule has 0 aromatic heterocycles. The highest BCUT2D eigenvalue weighted by Gasteiger charge is 2.43. The van der Waals surface area contributed by atoms with Gasteiger partial charge in [0.05, 0.1) is 13.2 Å². The van der Waals surface area contributed by atoms with E-state index in [1.54, 1.807) is 0 Å². The summed E-state index contributed by atoms with van der Waals surface area (Å²) in [6.45, 7) is 3.03. The first kappa shape index (κ1) is 17.0. The first-order valence-electron chi connectivity index (χ1n) is 9.89. The van der Waals surface area contributed by atoms with Crippen LogP contribution in [0.3, 0.4) is 0 Å². The predicted octanol–water partition coefficient (Wildman–Crippen LogP) is 2.89. The molecule has 1 aromatic rings. The van der Waals surface area contributed by atoms with Gasteiger partial charge in [-0.15, -0.1) is 0 Å². The highest BCUT2D eigenvalue weighted by Crippen LogP contribution is 2.44. The van der Waals surface area contributed by atoms with Crippen LogP contribution < -0.4 is 0 Å².